The minimum atomic E-state index is -0.400. The first-order valence-electron chi connectivity index (χ1n) is 9.57. The molecule has 0 amide bonds. The van der Waals surface area contributed by atoms with E-state index in [1.54, 1.807) is 0 Å². The minimum Gasteiger partial charge on any atom is -0.486 e. The van der Waals surface area contributed by atoms with Crippen molar-refractivity contribution in [3.63, 3.8) is 0 Å². The van der Waals surface area contributed by atoms with Crippen molar-refractivity contribution in [1.82, 2.24) is 19.7 Å². The lowest BCUT2D eigenvalue weighted by Crippen LogP contribution is -2.42. The van der Waals surface area contributed by atoms with Crippen LogP contribution in [0.4, 0.5) is 0 Å². The van der Waals surface area contributed by atoms with E-state index in [1.807, 2.05) is 49.1 Å². The van der Waals surface area contributed by atoms with Crippen LogP contribution in [0.15, 0.2) is 30.6 Å². The van der Waals surface area contributed by atoms with E-state index in [1.165, 1.54) is 0 Å². The Morgan fingerprint density at radius 3 is 2.69 bits per heavy atom. The molecule has 1 aliphatic heterocycles. The molecule has 1 aliphatic carbocycles. The third kappa shape index (κ3) is 3.76. The van der Waals surface area contributed by atoms with Gasteiger partial charge in [0.05, 0.1) is 18.3 Å². The number of hydrogen-bond donors (Lipinski definition) is 1. The molecule has 1 N–H and O–H groups in total. The summed E-state index contributed by atoms with van der Waals surface area (Å²) < 4.78 is 8.15. The van der Waals surface area contributed by atoms with Crippen molar-refractivity contribution in [2.75, 3.05) is 19.6 Å². The molecular formula is C20H28N4O2. The van der Waals surface area contributed by atoms with Gasteiger partial charge in [-0.05, 0) is 56.7 Å². The number of likely N-dealkylation sites (tertiary alicyclic amines) is 1. The van der Waals surface area contributed by atoms with E-state index in [-0.39, 0.29) is 6.10 Å². The topological polar surface area (TPSA) is 63.4 Å². The second-order valence-corrected chi connectivity index (χ2v) is 7.78. The lowest BCUT2D eigenvalue weighted by molar-refractivity contribution is -0.0236. The number of pyridine rings is 1. The van der Waals surface area contributed by atoms with Crippen molar-refractivity contribution in [3.8, 4) is 5.75 Å². The van der Waals surface area contributed by atoms with E-state index in [0.717, 1.165) is 56.2 Å². The normalized spacial score (nSPS) is 28.9. The molecule has 2 aromatic heterocycles. The standard InChI is InChI=1S/C20H28N4O2/c1-14-4-5-19(15(2)22-14)26-20-11-17-13-23(12-16(17)10-18(20)25)8-9-24-7-3-6-21-24/h3-7,16-18,20,25H,8-13H2,1-2H3/t16-,17+,18+,20+/m0/s1. The number of hydrogen-bond acceptors (Lipinski definition) is 5. The largest absolute Gasteiger partial charge is 0.486 e. The van der Waals surface area contributed by atoms with Gasteiger partial charge >= 0.3 is 0 Å². The second-order valence-electron chi connectivity index (χ2n) is 7.78. The van der Waals surface area contributed by atoms with Crippen molar-refractivity contribution in [3.05, 3.63) is 42.0 Å². The minimum absolute atomic E-state index is 0.134. The number of ether oxygens (including phenoxy) is 1. The van der Waals surface area contributed by atoms with Crippen LogP contribution in [-0.4, -0.2) is 56.6 Å². The maximum atomic E-state index is 10.6. The molecule has 2 fully saturated rings. The van der Waals surface area contributed by atoms with Gasteiger partial charge < -0.3 is 14.7 Å². The number of aliphatic hydroxyl groups excluding tert-OH is 1. The Morgan fingerprint density at radius 1 is 1.15 bits per heavy atom. The van der Waals surface area contributed by atoms with Crippen LogP contribution in [0.2, 0.25) is 0 Å². The molecule has 0 bridgehead atoms. The Bertz CT molecular complexity index is 733. The van der Waals surface area contributed by atoms with Gasteiger partial charge in [-0.15, -0.1) is 0 Å². The summed E-state index contributed by atoms with van der Waals surface area (Å²) in [7, 11) is 0. The van der Waals surface area contributed by atoms with E-state index in [2.05, 4.69) is 15.0 Å². The molecule has 6 heteroatoms. The van der Waals surface area contributed by atoms with Crippen LogP contribution < -0.4 is 4.74 Å². The summed E-state index contributed by atoms with van der Waals surface area (Å²) in [5.74, 6) is 1.96. The highest BCUT2D eigenvalue weighted by atomic mass is 16.5. The van der Waals surface area contributed by atoms with Crippen LogP contribution in [0.25, 0.3) is 0 Å². The van der Waals surface area contributed by atoms with Crippen molar-refractivity contribution < 1.29 is 9.84 Å². The zero-order chi connectivity index (χ0) is 18.1. The fourth-order valence-corrected chi connectivity index (χ4v) is 4.43. The van der Waals surface area contributed by atoms with Gasteiger partial charge in [0, 0.05) is 37.7 Å². The lowest BCUT2D eigenvalue weighted by Gasteiger charge is -2.35. The summed E-state index contributed by atoms with van der Waals surface area (Å²) in [6, 6.07) is 5.90. The first kappa shape index (κ1) is 17.5. The van der Waals surface area contributed by atoms with Gasteiger partial charge in [0.2, 0.25) is 0 Å². The average molecular weight is 356 g/mol. The number of aliphatic hydroxyl groups is 1. The van der Waals surface area contributed by atoms with Crippen LogP contribution in [-0.2, 0) is 6.54 Å². The monoisotopic (exact) mass is 356 g/mol. The fourth-order valence-electron chi connectivity index (χ4n) is 4.43. The van der Waals surface area contributed by atoms with E-state index >= 15 is 0 Å². The molecular weight excluding hydrogens is 328 g/mol. The van der Waals surface area contributed by atoms with Gasteiger partial charge in [0.1, 0.15) is 11.9 Å². The highest BCUT2D eigenvalue weighted by Gasteiger charge is 2.42. The third-order valence-electron chi connectivity index (χ3n) is 5.82. The molecule has 4 rings (SSSR count). The molecule has 0 unspecified atom stereocenters. The van der Waals surface area contributed by atoms with E-state index in [0.29, 0.717) is 11.8 Å². The summed E-state index contributed by atoms with van der Waals surface area (Å²) in [5, 5.41) is 14.9. The van der Waals surface area contributed by atoms with Crippen LogP contribution in [0.5, 0.6) is 5.75 Å². The van der Waals surface area contributed by atoms with Gasteiger partial charge in [-0.1, -0.05) is 0 Å². The first-order chi connectivity index (χ1) is 12.6. The Hall–Kier alpha value is -1.92. The summed E-state index contributed by atoms with van der Waals surface area (Å²) in [6.45, 7) is 8.03. The van der Waals surface area contributed by atoms with E-state index in [9.17, 15) is 5.11 Å². The number of aromatic nitrogens is 3. The molecule has 2 aromatic rings. The molecule has 0 aromatic carbocycles. The second kappa shape index (κ2) is 7.37. The Morgan fingerprint density at radius 2 is 1.96 bits per heavy atom. The van der Waals surface area contributed by atoms with Gasteiger partial charge in [-0.25, -0.2) is 0 Å². The summed E-state index contributed by atoms with van der Waals surface area (Å²) in [4.78, 5) is 6.97. The van der Waals surface area contributed by atoms with Gasteiger partial charge in [0.15, 0.2) is 0 Å². The third-order valence-corrected chi connectivity index (χ3v) is 5.82. The van der Waals surface area contributed by atoms with Crippen LogP contribution in [0, 0.1) is 25.7 Å². The van der Waals surface area contributed by atoms with E-state index in [4.69, 9.17) is 4.74 Å². The molecule has 3 heterocycles. The lowest BCUT2D eigenvalue weighted by atomic mass is 9.78. The predicted molar refractivity (Wildman–Crippen MR) is 99.0 cm³/mol. The molecule has 140 valence electrons. The zero-order valence-corrected chi connectivity index (χ0v) is 15.6. The summed E-state index contributed by atoms with van der Waals surface area (Å²) in [6.07, 6.45) is 5.04. The maximum Gasteiger partial charge on any atom is 0.141 e. The van der Waals surface area contributed by atoms with Gasteiger partial charge in [-0.2, -0.15) is 5.10 Å². The number of rotatable bonds is 5. The molecule has 0 spiro atoms. The maximum absolute atomic E-state index is 10.6. The molecule has 6 nitrogen and oxygen atoms in total. The van der Waals surface area contributed by atoms with Crippen molar-refractivity contribution in [1.29, 1.82) is 0 Å². The van der Waals surface area contributed by atoms with Crippen molar-refractivity contribution in [2.45, 2.75) is 45.4 Å². The zero-order valence-electron chi connectivity index (χ0n) is 15.6. The quantitative estimate of drug-likeness (QED) is 0.888. The Labute approximate surface area is 154 Å². The predicted octanol–water partition coefficient (Wildman–Crippen LogP) is 2.05. The number of aryl methyl sites for hydroxylation is 2. The number of fused-ring (bicyclic) bond motifs is 1. The Balaban J connectivity index is 1.35. The highest BCUT2D eigenvalue weighted by molar-refractivity contribution is 5.28. The first-order valence-corrected chi connectivity index (χ1v) is 9.57. The van der Waals surface area contributed by atoms with Crippen molar-refractivity contribution >= 4 is 0 Å². The molecule has 1 saturated carbocycles. The molecule has 0 radical (unpaired) electrons. The van der Waals surface area contributed by atoms with Crippen LogP contribution >= 0.6 is 0 Å². The molecule has 26 heavy (non-hydrogen) atoms. The molecule has 1 saturated heterocycles. The van der Waals surface area contributed by atoms with E-state index < -0.39 is 6.10 Å². The Kier molecular flexibility index (Phi) is 4.96. The smallest absolute Gasteiger partial charge is 0.141 e. The highest BCUT2D eigenvalue weighted by Crippen LogP contribution is 2.38. The van der Waals surface area contributed by atoms with Gasteiger partial charge in [-0.3, -0.25) is 9.67 Å². The van der Waals surface area contributed by atoms with Crippen LogP contribution in [0.3, 0.4) is 0 Å². The summed E-state index contributed by atoms with van der Waals surface area (Å²) in [5.41, 5.74) is 1.88. The average Bonchev–Trinajstić information content (AvgIpc) is 3.24. The number of nitrogens with zero attached hydrogens (tertiary/aromatic N) is 4. The molecule has 2 aliphatic rings. The molecule has 4 atom stereocenters. The van der Waals surface area contributed by atoms with Gasteiger partial charge in [0.25, 0.3) is 0 Å². The van der Waals surface area contributed by atoms with Crippen LogP contribution in [0.1, 0.15) is 24.2 Å². The SMILES string of the molecule is Cc1ccc(O[C@@H]2C[C@@H]3CN(CCn4cccn4)C[C@@H]3C[C@H]2O)c(C)n1. The summed E-state index contributed by atoms with van der Waals surface area (Å²) >= 11 is 0. The van der Waals surface area contributed by atoms with Crippen molar-refractivity contribution in [2.24, 2.45) is 11.8 Å². The fraction of sp³-hybridized carbons (Fsp3) is 0.600.